The molecular formula is C26H33ClN4O3. The Morgan fingerprint density at radius 2 is 1.76 bits per heavy atom. The van der Waals surface area contributed by atoms with Gasteiger partial charge in [-0.25, -0.2) is 0 Å². The summed E-state index contributed by atoms with van der Waals surface area (Å²) in [5.41, 5.74) is 2.60. The minimum absolute atomic E-state index is 0.0161. The average Bonchev–Trinajstić information content (AvgIpc) is 3.53. The molecule has 1 saturated carbocycles. The molecule has 1 aliphatic carbocycles. The highest BCUT2D eigenvalue weighted by molar-refractivity contribution is 6.34. The van der Waals surface area contributed by atoms with Crippen molar-refractivity contribution in [1.82, 2.24) is 4.90 Å². The van der Waals surface area contributed by atoms with Gasteiger partial charge in [-0.2, -0.15) is 0 Å². The number of nitrogens with one attached hydrogen (secondary N) is 2. The van der Waals surface area contributed by atoms with Gasteiger partial charge in [0, 0.05) is 42.5 Å². The van der Waals surface area contributed by atoms with Crippen LogP contribution in [0.15, 0.2) is 36.4 Å². The number of likely N-dealkylation sites (N-methyl/N-ethyl adjacent to an activating group) is 1. The van der Waals surface area contributed by atoms with Gasteiger partial charge in [-0.15, -0.1) is 0 Å². The lowest BCUT2D eigenvalue weighted by Crippen LogP contribution is -2.31. The van der Waals surface area contributed by atoms with E-state index in [9.17, 15) is 9.59 Å². The summed E-state index contributed by atoms with van der Waals surface area (Å²) >= 11 is 6.42. The molecule has 2 amide bonds. The van der Waals surface area contributed by atoms with E-state index in [-0.39, 0.29) is 17.7 Å². The van der Waals surface area contributed by atoms with Crippen LogP contribution in [0.5, 0.6) is 5.75 Å². The molecule has 4 rings (SSSR count). The average molecular weight is 485 g/mol. The van der Waals surface area contributed by atoms with Crippen LogP contribution in [-0.2, 0) is 4.79 Å². The van der Waals surface area contributed by atoms with Crippen LogP contribution >= 0.6 is 11.6 Å². The Labute approximate surface area is 206 Å². The van der Waals surface area contributed by atoms with Crippen LogP contribution in [-0.4, -0.2) is 57.1 Å². The van der Waals surface area contributed by atoms with Crippen LogP contribution in [0.25, 0.3) is 0 Å². The van der Waals surface area contributed by atoms with Gasteiger partial charge in [0.25, 0.3) is 5.91 Å². The summed E-state index contributed by atoms with van der Waals surface area (Å²) in [6, 6.07) is 11.6. The molecule has 182 valence electrons. The van der Waals surface area contributed by atoms with Gasteiger partial charge >= 0.3 is 0 Å². The van der Waals surface area contributed by atoms with Crippen molar-refractivity contribution in [3.63, 3.8) is 0 Å². The van der Waals surface area contributed by atoms with E-state index < -0.39 is 0 Å². The lowest BCUT2D eigenvalue weighted by molar-refractivity contribution is -0.119. The summed E-state index contributed by atoms with van der Waals surface area (Å²) < 4.78 is 5.44. The van der Waals surface area contributed by atoms with Gasteiger partial charge in [0.15, 0.2) is 0 Å². The number of benzene rings is 2. The van der Waals surface area contributed by atoms with E-state index in [1.165, 1.54) is 7.11 Å². The summed E-state index contributed by atoms with van der Waals surface area (Å²) in [5, 5.41) is 6.12. The molecule has 1 atom stereocenters. The third-order valence-corrected chi connectivity index (χ3v) is 7.21. The number of hydrogen-bond donors (Lipinski definition) is 2. The monoisotopic (exact) mass is 484 g/mol. The van der Waals surface area contributed by atoms with Gasteiger partial charge < -0.3 is 25.2 Å². The molecule has 0 spiro atoms. The van der Waals surface area contributed by atoms with E-state index in [1.807, 2.05) is 24.3 Å². The second-order valence-electron chi connectivity index (χ2n) is 9.36. The molecule has 2 aliphatic rings. The fourth-order valence-corrected chi connectivity index (χ4v) is 4.98. The summed E-state index contributed by atoms with van der Waals surface area (Å²) in [7, 11) is 5.72. The highest BCUT2D eigenvalue weighted by atomic mass is 35.5. The molecule has 7 nitrogen and oxygen atoms in total. The molecule has 2 aromatic carbocycles. The number of nitrogens with zero attached hydrogens (tertiary/aromatic N) is 2. The predicted molar refractivity (Wildman–Crippen MR) is 137 cm³/mol. The van der Waals surface area contributed by atoms with Crippen molar-refractivity contribution in [2.75, 3.05) is 49.8 Å². The largest absolute Gasteiger partial charge is 0.496 e. The molecule has 2 N–H and O–H groups in total. The molecular weight excluding hydrogens is 452 g/mol. The van der Waals surface area contributed by atoms with Gasteiger partial charge in [-0.05, 0) is 63.7 Å². The maximum atomic E-state index is 13.0. The maximum Gasteiger partial charge on any atom is 0.259 e. The van der Waals surface area contributed by atoms with Crippen molar-refractivity contribution >= 4 is 40.5 Å². The van der Waals surface area contributed by atoms with Crippen molar-refractivity contribution < 1.29 is 14.3 Å². The summed E-state index contributed by atoms with van der Waals surface area (Å²) in [4.78, 5) is 30.1. The molecule has 8 heteroatoms. The molecule has 2 fully saturated rings. The Bertz CT molecular complexity index is 1040. The Morgan fingerprint density at radius 1 is 1.06 bits per heavy atom. The van der Waals surface area contributed by atoms with E-state index in [2.05, 4.69) is 34.5 Å². The number of rotatable bonds is 7. The SMILES string of the molecule is COc1cc(NC(=O)C2CCCC2)c(Cl)cc1C(=O)Nc1ccc(N2CCC(N(C)C)C2)cc1. The zero-order chi connectivity index (χ0) is 24.2. The standard InChI is InChI=1S/C26H33ClN4O3/c1-30(2)20-12-13-31(16-20)19-10-8-18(9-11-19)28-26(33)21-14-22(27)23(15-24(21)34-3)29-25(32)17-6-4-5-7-17/h8-11,14-15,17,20H,4-7,12-13,16H2,1-3H3,(H,28,33)(H,29,32). The Balaban J connectivity index is 1.43. The molecule has 34 heavy (non-hydrogen) atoms. The fourth-order valence-electron chi connectivity index (χ4n) is 4.77. The molecule has 0 radical (unpaired) electrons. The maximum absolute atomic E-state index is 13.0. The van der Waals surface area contributed by atoms with Gasteiger partial charge in [0.2, 0.25) is 5.91 Å². The van der Waals surface area contributed by atoms with Crippen molar-refractivity contribution in [2.45, 2.75) is 38.1 Å². The van der Waals surface area contributed by atoms with Crippen molar-refractivity contribution in [2.24, 2.45) is 5.92 Å². The number of ether oxygens (including phenoxy) is 1. The number of methoxy groups -OCH3 is 1. The van der Waals surface area contributed by atoms with Gasteiger partial charge in [0.05, 0.1) is 23.4 Å². The Morgan fingerprint density at radius 3 is 2.38 bits per heavy atom. The number of amides is 2. The first kappa shape index (κ1) is 24.4. The molecule has 0 aromatic heterocycles. The fraction of sp³-hybridized carbons (Fsp3) is 0.462. The van der Waals surface area contributed by atoms with Crippen LogP contribution < -0.4 is 20.3 Å². The van der Waals surface area contributed by atoms with Crippen molar-refractivity contribution in [3.8, 4) is 5.75 Å². The van der Waals surface area contributed by atoms with Crippen molar-refractivity contribution in [1.29, 1.82) is 0 Å². The van der Waals surface area contributed by atoms with E-state index in [1.54, 1.807) is 12.1 Å². The number of carbonyl (C=O) groups excluding carboxylic acids is 2. The zero-order valence-corrected chi connectivity index (χ0v) is 20.8. The Kier molecular flexibility index (Phi) is 7.63. The quantitative estimate of drug-likeness (QED) is 0.586. The van der Waals surface area contributed by atoms with E-state index in [0.717, 1.165) is 50.9 Å². The normalized spacial score (nSPS) is 18.4. The number of carbonyl (C=O) groups is 2. The predicted octanol–water partition coefficient (Wildman–Crippen LogP) is 4.87. The van der Waals surface area contributed by atoms with E-state index in [0.29, 0.717) is 33.8 Å². The minimum Gasteiger partial charge on any atom is -0.496 e. The number of anilines is 3. The number of halogens is 1. The summed E-state index contributed by atoms with van der Waals surface area (Å²) in [6.45, 7) is 2.02. The first-order valence-corrected chi connectivity index (χ1v) is 12.2. The molecule has 1 unspecified atom stereocenters. The first-order valence-electron chi connectivity index (χ1n) is 11.9. The second kappa shape index (κ2) is 10.7. The second-order valence-corrected chi connectivity index (χ2v) is 9.76. The number of hydrogen-bond acceptors (Lipinski definition) is 5. The minimum atomic E-state index is -0.325. The van der Waals surface area contributed by atoms with Gasteiger partial charge in [-0.1, -0.05) is 24.4 Å². The summed E-state index contributed by atoms with van der Waals surface area (Å²) in [5.74, 6) is 0.0111. The molecule has 1 aliphatic heterocycles. The molecule has 1 saturated heterocycles. The molecule has 0 bridgehead atoms. The van der Waals surface area contributed by atoms with Gasteiger partial charge in [0.1, 0.15) is 5.75 Å². The first-order chi connectivity index (χ1) is 16.4. The topological polar surface area (TPSA) is 73.9 Å². The highest BCUT2D eigenvalue weighted by Crippen LogP contribution is 2.33. The van der Waals surface area contributed by atoms with Gasteiger partial charge in [-0.3, -0.25) is 9.59 Å². The van der Waals surface area contributed by atoms with Crippen LogP contribution in [0.2, 0.25) is 5.02 Å². The smallest absolute Gasteiger partial charge is 0.259 e. The zero-order valence-electron chi connectivity index (χ0n) is 20.1. The summed E-state index contributed by atoms with van der Waals surface area (Å²) in [6.07, 6.45) is 5.08. The van der Waals surface area contributed by atoms with Crippen molar-refractivity contribution in [3.05, 3.63) is 47.0 Å². The lowest BCUT2D eigenvalue weighted by atomic mass is 10.1. The van der Waals surface area contributed by atoms with Crippen LogP contribution in [0.4, 0.5) is 17.1 Å². The third-order valence-electron chi connectivity index (χ3n) is 6.90. The highest BCUT2D eigenvalue weighted by Gasteiger charge is 2.25. The Hall–Kier alpha value is -2.77. The van der Waals surface area contributed by atoms with Crippen LogP contribution in [0.1, 0.15) is 42.5 Å². The third kappa shape index (κ3) is 5.47. The van der Waals surface area contributed by atoms with Crippen LogP contribution in [0.3, 0.4) is 0 Å². The van der Waals surface area contributed by atoms with Crippen LogP contribution in [0, 0.1) is 5.92 Å². The van der Waals surface area contributed by atoms with E-state index in [4.69, 9.17) is 16.3 Å². The van der Waals surface area contributed by atoms with E-state index >= 15 is 0 Å². The lowest BCUT2D eigenvalue weighted by Gasteiger charge is -2.22. The molecule has 1 heterocycles. The molecule has 2 aromatic rings.